The fourth-order valence-corrected chi connectivity index (χ4v) is 1.60. The molecule has 1 aromatic carbocycles. The Hall–Kier alpha value is -1.22. The van der Waals surface area contributed by atoms with E-state index in [-0.39, 0.29) is 17.9 Å². The lowest BCUT2D eigenvalue weighted by Crippen LogP contribution is -2.24. The van der Waals surface area contributed by atoms with Gasteiger partial charge in [-0.2, -0.15) is 0 Å². The molecule has 0 saturated carbocycles. The first-order valence-electron chi connectivity index (χ1n) is 5.07. The van der Waals surface area contributed by atoms with Gasteiger partial charge in [0.1, 0.15) is 5.82 Å². The van der Waals surface area contributed by atoms with Crippen molar-refractivity contribution in [2.24, 2.45) is 0 Å². The molecule has 0 aliphatic rings. The minimum absolute atomic E-state index is 0.188. The number of hydrogen-bond donors (Lipinski definition) is 1. The summed E-state index contributed by atoms with van der Waals surface area (Å²) in [7, 11) is 0. The van der Waals surface area contributed by atoms with Gasteiger partial charge in [0, 0.05) is 0 Å². The van der Waals surface area contributed by atoms with Gasteiger partial charge in [-0.1, -0.05) is 13.0 Å². The molecule has 1 rings (SSSR count). The van der Waals surface area contributed by atoms with E-state index in [1.165, 1.54) is 6.07 Å². The van der Waals surface area contributed by atoms with Crippen LogP contribution in [0.5, 0.6) is 0 Å². The van der Waals surface area contributed by atoms with Crippen LogP contribution < -0.4 is 5.32 Å². The first-order chi connectivity index (χ1) is 7.06. The standard InChI is InChI=1S/C12H16FNO/c1-4-14-7-11(15)12-9(3)5-8(2)6-10(12)13/h5-6,14H,4,7H2,1-3H3. The predicted molar refractivity (Wildman–Crippen MR) is 58.7 cm³/mol. The normalized spacial score (nSPS) is 10.4. The fraction of sp³-hybridized carbons (Fsp3) is 0.417. The molecule has 0 aliphatic carbocycles. The predicted octanol–water partition coefficient (Wildman–Crippen LogP) is 2.23. The van der Waals surface area contributed by atoms with Gasteiger partial charge in [0.2, 0.25) is 0 Å². The molecule has 0 amide bonds. The van der Waals surface area contributed by atoms with Crippen LogP contribution in [0.15, 0.2) is 12.1 Å². The highest BCUT2D eigenvalue weighted by atomic mass is 19.1. The molecular formula is C12H16FNO. The van der Waals surface area contributed by atoms with Crippen molar-refractivity contribution >= 4 is 5.78 Å². The third-order valence-corrected chi connectivity index (χ3v) is 2.25. The number of ketones is 1. The molecule has 0 radical (unpaired) electrons. The van der Waals surface area contributed by atoms with Gasteiger partial charge >= 0.3 is 0 Å². The quantitative estimate of drug-likeness (QED) is 0.770. The topological polar surface area (TPSA) is 29.1 Å². The summed E-state index contributed by atoms with van der Waals surface area (Å²) in [6.07, 6.45) is 0. The Balaban J connectivity index is 2.98. The first-order valence-corrected chi connectivity index (χ1v) is 5.07. The maximum atomic E-state index is 13.5. The molecule has 15 heavy (non-hydrogen) atoms. The van der Waals surface area contributed by atoms with E-state index in [9.17, 15) is 9.18 Å². The summed E-state index contributed by atoms with van der Waals surface area (Å²) in [6.45, 7) is 6.38. The Kier molecular flexibility index (Phi) is 3.97. The summed E-state index contributed by atoms with van der Waals surface area (Å²) in [5.74, 6) is -0.609. The Morgan fingerprint density at radius 3 is 2.60 bits per heavy atom. The zero-order valence-electron chi connectivity index (χ0n) is 9.36. The second-order valence-electron chi connectivity index (χ2n) is 3.64. The number of carbonyl (C=O) groups excluding carboxylic acids is 1. The second-order valence-corrected chi connectivity index (χ2v) is 3.64. The molecule has 0 aliphatic heterocycles. The lowest BCUT2D eigenvalue weighted by molar-refractivity contribution is 0.0987. The monoisotopic (exact) mass is 209 g/mol. The highest BCUT2D eigenvalue weighted by Gasteiger charge is 2.14. The number of nitrogens with one attached hydrogen (secondary N) is 1. The Bertz CT molecular complexity index is 351. The van der Waals surface area contributed by atoms with Crippen molar-refractivity contribution in [1.29, 1.82) is 0 Å². The molecule has 0 unspecified atom stereocenters. The number of hydrogen-bond acceptors (Lipinski definition) is 2. The SMILES string of the molecule is CCNCC(=O)c1c(C)cc(C)cc1F. The Morgan fingerprint density at radius 1 is 1.40 bits per heavy atom. The van der Waals surface area contributed by atoms with E-state index >= 15 is 0 Å². The molecule has 82 valence electrons. The number of benzene rings is 1. The van der Waals surface area contributed by atoms with E-state index in [2.05, 4.69) is 5.32 Å². The van der Waals surface area contributed by atoms with E-state index in [1.54, 1.807) is 6.92 Å². The first kappa shape index (κ1) is 11.9. The fourth-order valence-electron chi connectivity index (χ4n) is 1.60. The van der Waals surface area contributed by atoms with Gasteiger partial charge in [-0.05, 0) is 37.6 Å². The number of aryl methyl sites for hydroxylation is 2. The van der Waals surface area contributed by atoms with E-state index in [1.807, 2.05) is 19.9 Å². The summed E-state index contributed by atoms with van der Waals surface area (Å²) in [5, 5.41) is 2.90. The van der Waals surface area contributed by atoms with Crippen molar-refractivity contribution in [1.82, 2.24) is 5.32 Å². The Morgan fingerprint density at radius 2 is 2.07 bits per heavy atom. The maximum absolute atomic E-state index is 13.5. The number of Topliss-reactive ketones (excluding diaryl/α,β-unsaturated/α-hetero) is 1. The van der Waals surface area contributed by atoms with E-state index in [0.717, 1.165) is 5.56 Å². The Labute approximate surface area is 89.5 Å². The molecule has 0 fully saturated rings. The number of likely N-dealkylation sites (N-methyl/N-ethyl adjacent to an activating group) is 1. The van der Waals surface area contributed by atoms with Gasteiger partial charge < -0.3 is 5.32 Å². The van der Waals surface area contributed by atoms with E-state index in [4.69, 9.17) is 0 Å². The van der Waals surface area contributed by atoms with Gasteiger partial charge in [0.25, 0.3) is 0 Å². The summed E-state index contributed by atoms with van der Waals surface area (Å²) >= 11 is 0. The molecule has 1 N–H and O–H groups in total. The zero-order chi connectivity index (χ0) is 11.4. The van der Waals surface area contributed by atoms with Crippen LogP contribution in [0.4, 0.5) is 4.39 Å². The van der Waals surface area contributed by atoms with Gasteiger partial charge in [-0.25, -0.2) is 4.39 Å². The summed E-state index contributed by atoms with van der Waals surface area (Å²) < 4.78 is 13.5. The van der Waals surface area contributed by atoms with Crippen LogP contribution in [0.25, 0.3) is 0 Å². The van der Waals surface area contributed by atoms with Crippen molar-refractivity contribution in [3.63, 3.8) is 0 Å². The summed E-state index contributed by atoms with van der Waals surface area (Å²) in [5.41, 5.74) is 1.75. The third kappa shape index (κ3) is 2.86. The number of halogens is 1. The smallest absolute Gasteiger partial charge is 0.179 e. The molecular weight excluding hydrogens is 193 g/mol. The van der Waals surface area contributed by atoms with E-state index in [0.29, 0.717) is 12.1 Å². The molecule has 0 saturated heterocycles. The summed E-state index contributed by atoms with van der Waals surface area (Å²) in [4.78, 5) is 11.7. The minimum Gasteiger partial charge on any atom is -0.310 e. The minimum atomic E-state index is -0.421. The van der Waals surface area contributed by atoms with Gasteiger partial charge in [-0.3, -0.25) is 4.79 Å². The van der Waals surface area contributed by atoms with Gasteiger partial charge in [0.15, 0.2) is 5.78 Å². The van der Waals surface area contributed by atoms with Gasteiger partial charge in [-0.15, -0.1) is 0 Å². The largest absolute Gasteiger partial charge is 0.310 e. The van der Waals surface area contributed by atoms with Crippen LogP contribution >= 0.6 is 0 Å². The van der Waals surface area contributed by atoms with Crippen LogP contribution in [0, 0.1) is 19.7 Å². The van der Waals surface area contributed by atoms with Crippen LogP contribution in [-0.4, -0.2) is 18.9 Å². The zero-order valence-corrected chi connectivity index (χ0v) is 9.36. The third-order valence-electron chi connectivity index (χ3n) is 2.25. The average Bonchev–Trinajstić information content (AvgIpc) is 2.12. The van der Waals surface area contributed by atoms with Crippen molar-refractivity contribution in [3.8, 4) is 0 Å². The van der Waals surface area contributed by atoms with E-state index < -0.39 is 5.82 Å². The highest BCUT2D eigenvalue weighted by molar-refractivity contribution is 5.99. The molecule has 0 aromatic heterocycles. The summed E-state index contributed by atoms with van der Waals surface area (Å²) in [6, 6.07) is 3.22. The lowest BCUT2D eigenvalue weighted by atomic mass is 10.0. The van der Waals surface area contributed by atoms with Crippen molar-refractivity contribution < 1.29 is 9.18 Å². The number of rotatable bonds is 4. The molecule has 1 aromatic rings. The van der Waals surface area contributed by atoms with Crippen molar-refractivity contribution in [2.75, 3.05) is 13.1 Å². The maximum Gasteiger partial charge on any atom is 0.179 e. The van der Waals surface area contributed by atoms with Crippen LogP contribution in [0.2, 0.25) is 0 Å². The average molecular weight is 209 g/mol. The molecule has 0 bridgehead atoms. The van der Waals surface area contributed by atoms with Crippen LogP contribution in [0.1, 0.15) is 28.4 Å². The molecule has 0 atom stereocenters. The van der Waals surface area contributed by atoms with Crippen LogP contribution in [0.3, 0.4) is 0 Å². The van der Waals surface area contributed by atoms with Crippen molar-refractivity contribution in [3.05, 3.63) is 34.6 Å². The van der Waals surface area contributed by atoms with Crippen LogP contribution in [-0.2, 0) is 0 Å². The number of carbonyl (C=O) groups is 1. The lowest BCUT2D eigenvalue weighted by Gasteiger charge is -2.07. The highest BCUT2D eigenvalue weighted by Crippen LogP contribution is 2.15. The molecule has 2 nitrogen and oxygen atoms in total. The van der Waals surface area contributed by atoms with Gasteiger partial charge in [0.05, 0.1) is 12.1 Å². The molecule has 0 spiro atoms. The van der Waals surface area contributed by atoms with Crippen molar-refractivity contribution in [2.45, 2.75) is 20.8 Å². The molecule has 3 heteroatoms. The molecule has 0 heterocycles. The second kappa shape index (κ2) is 5.03.